The summed E-state index contributed by atoms with van der Waals surface area (Å²) in [5.41, 5.74) is 2.39. The van der Waals surface area contributed by atoms with Gasteiger partial charge in [-0.2, -0.15) is 0 Å². The predicted octanol–water partition coefficient (Wildman–Crippen LogP) is 5.91. The van der Waals surface area contributed by atoms with Crippen molar-refractivity contribution in [3.8, 4) is 0 Å². The van der Waals surface area contributed by atoms with Crippen LogP contribution < -0.4 is 10.2 Å². The summed E-state index contributed by atoms with van der Waals surface area (Å²) in [5.74, 6) is -1.32. The van der Waals surface area contributed by atoms with Crippen molar-refractivity contribution in [1.29, 1.82) is 0 Å². The minimum atomic E-state index is -1.33. The molecule has 1 saturated heterocycles. The molecule has 0 aromatic heterocycles. The normalized spacial score (nSPS) is 19.1. The number of hydrogen-bond acceptors (Lipinski definition) is 3. The minimum Gasteiger partial charge on any atom is -0.308 e. The molecule has 2 heterocycles. The van der Waals surface area contributed by atoms with Crippen molar-refractivity contribution in [2.45, 2.75) is 18.3 Å². The number of carbonyl (C=O) groups is 2. The average Bonchev–Trinajstić information content (AvgIpc) is 3.33. The van der Waals surface area contributed by atoms with E-state index in [0.717, 1.165) is 5.56 Å². The Hall–Kier alpha value is -3.10. The van der Waals surface area contributed by atoms with Crippen LogP contribution in [-0.4, -0.2) is 29.1 Å². The molecule has 5 rings (SSSR count). The Kier molecular flexibility index (Phi) is 5.73. The molecule has 0 aliphatic carbocycles. The smallest absolute Gasteiger partial charge is 0.308 e. The fraction of sp³-hybridized carbons (Fsp3) is 0.200. The molecule has 1 N–H and O–H groups in total. The Balaban J connectivity index is 1.56. The second kappa shape index (κ2) is 8.60. The van der Waals surface area contributed by atoms with Crippen molar-refractivity contribution in [2.24, 2.45) is 0 Å². The van der Waals surface area contributed by atoms with Crippen LogP contribution in [0.5, 0.6) is 0 Å². The van der Waals surface area contributed by atoms with Gasteiger partial charge in [0, 0.05) is 34.1 Å². The van der Waals surface area contributed by atoms with Gasteiger partial charge in [0.25, 0.3) is 5.91 Å². The number of thioether (sulfide) groups is 1. The lowest BCUT2D eigenvalue weighted by molar-refractivity contribution is -0.123. The maximum absolute atomic E-state index is 14.5. The molecule has 174 valence electrons. The first kappa shape index (κ1) is 22.7. The molecule has 3 aromatic rings. The molecule has 1 fully saturated rings. The number of anilines is 2. The van der Waals surface area contributed by atoms with E-state index in [1.165, 1.54) is 39.8 Å². The lowest BCUT2D eigenvalue weighted by Crippen LogP contribution is -2.51. The van der Waals surface area contributed by atoms with Gasteiger partial charge in [0.1, 0.15) is 11.6 Å². The quantitative estimate of drug-likeness (QED) is 0.487. The number of aryl methyl sites for hydroxylation is 1. The van der Waals surface area contributed by atoms with Crippen LogP contribution >= 0.6 is 23.4 Å². The number of amides is 3. The highest BCUT2D eigenvalue weighted by Crippen LogP contribution is 2.54. The van der Waals surface area contributed by atoms with Crippen molar-refractivity contribution in [3.63, 3.8) is 0 Å². The molecule has 1 spiro atoms. The van der Waals surface area contributed by atoms with E-state index in [-0.39, 0.29) is 12.1 Å². The third kappa shape index (κ3) is 3.61. The molecule has 2 aliphatic rings. The monoisotopic (exact) mass is 499 g/mol. The van der Waals surface area contributed by atoms with E-state index in [1.807, 2.05) is 19.1 Å². The van der Waals surface area contributed by atoms with Crippen LogP contribution in [0.2, 0.25) is 5.02 Å². The highest BCUT2D eigenvalue weighted by molar-refractivity contribution is 8.01. The number of benzene rings is 3. The van der Waals surface area contributed by atoms with Crippen LogP contribution in [0.1, 0.15) is 16.7 Å². The Bertz CT molecular complexity index is 1300. The summed E-state index contributed by atoms with van der Waals surface area (Å²) >= 11 is 7.39. The molecule has 2 aliphatic heterocycles. The first-order valence-electron chi connectivity index (χ1n) is 10.7. The van der Waals surface area contributed by atoms with E-state index in [9.17, 15) is 18.4 Å². The van der Waals surface area contributed by atoms with Gasteiger partial charge >= 0.3 is 6.03 Å². The van der Waals surface area contributed by atoms with E-state index in [1.54, 1.807) is 30.3 Å². The lowest BCUT2D eigenvalue weighted by Gasteiger charge is -2.33. The lowest BCUT2D eigenvalue weighted by atomic mass is 10.0. The van der Waals surface area contributed by atoms with Crippen LogP contribution in [-0.2, 0) is 16.2 Å². The topological polar surface area (TPSA) is 52.7 Å². The number of urea groups is 1. The maximum atomic E-state index is 14.5. The summed E-state index contributed by atoms with van der Waals surface area (Å²) in [6.45, 7) is 1.95. The van der Waals surface area contributed by atoms with Crippen LogP contribution in [0.3, 0.4) is 0 Å². The molecule has 0 bridgehead atoms. The van der Waals surface area contributed by atoms with E-state index >= 15 is 0 Å². The molecule has 34 heavy (non-hydrogen) atoms. The molecular formula is C25H20ClF2N3O2S. The van der Waals surface area contributed by atoms with Gasteiger partial charge in [-0.05, 0) is 43.3 Å². The Labute approximate surface area is 204 Å². The van der Waals surface area contributed by atoms with Gasteiger partial charge in [-0.25, -0.2) is 13.6 Å². The number of halogens is 3. The summed E-state index contributed by atoms with van der Waals surface area (Å²) in [7, 11) is 0. The van der Waals surface area contributed by atoms with Gasteiger partial charge in [0.05, 0.1) is 12.2 Å². The fourth-order valence-corrected chi connectivity index (χ4v) is 6.13. The summed E-state index contributed by atoms with van der Waals surface area (Å²) in [6, 6.07) is 15.4. The standard InChI is InChI=1S/C25H20ClF2N3O2S/c1-15-8-9-22-19(12-15)25(23(32)30(22)14-18-20(27)6-3-7-21(18)28)31(10-11-34-25)24(33)29-17-5-2-4-16(26)13-17/h2-9,12-13H,10-11,14H2,1H3,(H,29,33)/t25-/m0/s1. The number of nitrogens with zero attached hydrogens (tertiary/aromatic N) is 2. The number of nitrogens with one attached hydrogen (secondary N) is 1. The zero-order valence-electron chi connectivity index (χ0n) is 18.1. The molecule has 0 radical (unpaired) electrons. The van der Waals surface area contributed by atoms with Crippen LogP contribution in [0.25, 0.3) is 0 Å². The molecule has 0 unspecified atom stereocenters. The molecule has 9 heteroatoms. The molecule has 3 amide bonds. The van der Waals surface area contributed by atoms with Gasteiger partial charge in [-0.15, -0.1) is 11.8 Å². The minimum absolute atomic E-state index is 0.197. The predicted molar refractivity (Wildman–Crippen MR) is 130 cm³/mol. The van der Waals surface area contributed by atoms with Gasteiger partial charge in [0.15, 0.2) is 4.87 Å². The SMILES string of the molecule is Cc1ccc2c(c1)[C@]1(SCCN1C(=O)Nc1cccc(Cl)c1)C(=O)N2Cc1c(F)cccc1F. The Morgan fingerprint density at radius 2 is 1.85 bits per heavy atom. The number of rotatable bonds is 3. The van der Waals surface area contributed by atoms with Crippen molar-refractivity contribution in [1.82, 2.24) is 4.90 Å². The van der Waals surface area contributed by atoms with E-state index in [2.05, 4.69) is 5.32 Å². The summed E-state index contributed by atoms with van der Waals surface area (Å²) in [4.78, 5) is 28.9. The zero-order valence-corrected chi connectivity index (χ0v) is 19.7. The van der Waals surface area contributed by atoms with Gasteiger partial charge in [-0.1, -0.05) is 41.4 Å². The van der Waals surface area contributed by atoms with E-state index in [0.29, 0.717) is 34.3 Å². The van der Waals surface area contributed by atoms with Crippen LogP contribution in [0.15, 0.2) is 60.7 Å². The summed E-state index contributed by atoms with van der Waals surface area (Å²) in [6.07, 6.45) is 0. The number of hydrogen-bond donors (Lipinski definition) is 1. The summed E-state index contributed by atoms with van der Waals surface area (Å²) in [5, 5.41) is 3.29. The van der Waals surface area contributed by atoms with Crippen molar-refractivity contribution < 1.29 is 18.4 Å². The van der Waals surface area contributed by atoms with Crippen LogP contribution in [0.4, 0.5) is 25.0 Å². The van der Waals surface area contributed by atoms with E-state index < -0.39 is 28.4 Å². The van der Waals surface area contributed by atoms with Crippen LogP contribution in [0, 0.1) is 18.6 Å². The zero-order chi connectivity index (χ0) is 24.0. The first-order valence-corrected chi connectivity index (χ1v) is 12.0. The number of carbonyl (C=O) groups excluding carboxylic acids is 2. The molecule has 0 saturated carbocycles. The van der Waals surface area contributed by atoms with Gasteiger partial charge in [0.2, 0.25) is 0 Å². The van der Waals surface area contributed by atoms with E-state index in [4.69, 9.17) is 11.6 Å². The highest BCUT2D eigenvalue weighted by atomic mass is 35.5. The first-order chi connectivity index (χ1) is 16.3. The average molecular weight is 500 g/mol. The molecule has 3 aromatic carbocycles. The van der Waals surface area contributed by atoms with Crippen molar-refractivity contribution >= 4 is 46.7 Å². The van der Waals surface area contributed by atoms with Gasteiger partial charge in [-0.3, -0.25) is 9.69 Å². The summed E-state index contributed by atoms with van der Waals surface area (Å²) < 4.78 is 28.9. The third-order valence-electron chi connectivity index (χ3n) is 6.05. The fourth-order valence-electron chi connectivity index (χ4n) is 4.48. The maximum Gasteiger partial charge on any atom is 0.323 e. The molecular weight excluding hydrogens is 480 g/mol. The van der Waals surface area contributed by atoms with Gasteiger partial charge < -0.3 is 10.2 Å². The molecule has 1 atom stereocenters. The largest absolute Gasteiger partial charge is 0.323 e. The highest BCUT2D eigenvalue weighted by Gasteiger charge is 2.59. The second-order valence-corrected chi connectivity index (χ2v) is 9.92. The van der Waals surface area contributed by atoms with Crippen molar-refractivity contribution in [2.75, 3.05) is 22.5 Å². The Morgan fingerprint density at radius 1 is 1.12 bits per heavy atom. The Morgan fingerprint density at radius 3 is 2.59 bits per heavy atom. The van der Waals surface area contributed by atoms with Crippen molar-refractivity contribution in [3.05, 3.63) is 94.0 Å². The third-order valence-corrected chi connectivity index (χ3v) is 7.70. The molecule has 5 nitrogen and oxygen atoms in total. The second-order valence-electron chi connectivity index (χ2n) is 8.20. The number of fused-ring (bicyclic) bond motifs is 2.